The fourth-order valence-electron chi connectivity index (χ4n) is 1.95. The molecule has 1 unspecified atom stereocenters. The van der Waals surface area contributed by atoms with Crippen molar-refractivity contribution in [2.24, 2.45) is 11.7 Å². The van der Waals surface area contributed by atoms with Crippen LogP contribution in [0.2, 0.25) is 0 Å². The van der Waals surface area contributed by atoms with Gasteiger partial charge in [0, 0.05) is 25.3 Å². The Kier molecular flexibility index (Phi) is 5.38. The zero-order valence-electron chi connectivity index (χ0n) is 11.8. The first-order chi connectivity index (χ1) is 9.70. The number of hydrogen-bond donors (Lipinski definition) is 2. The Balaban J connectivity index is 1.77. The second-order valence-electron chi connectivity index (χ2n) is 5.08. The Hall–Kier alpha value is -1.59. The molecule has 1 aromatic rings. The Morgan fingerprint density at radius 1 is 1.35 bits per heavy atom. The van der Waals surface area contributed by atoms with Crippen LogP contribution in [0.4, 0.5) is 0 Å². The van der Waals surface area contributed by atoms with Crippen LogP contribution in [0.1, 0.15) is 23.2 Å². The van der Waals surface area contributed by atoms with Gasteiger partial charge in [-0.15, -0.1) is 0 Å². The molecule has 110 valence electrons. The fraction of sp³-hybridized carbons (Fsp3) is 0.533. The maximum atomic E-state index is 11.9. The van der Waals surface area contributed by atoms with Crippen molar-refractivity contribution < 1.29 is 14.3 Å². The summed E-state index contributed by atoms with van der Waals surface area (Å²) in [5.74, 6) is 1.23. The van der Waals surface area contributed by atoms with Gasteiger partial charge in [0.1, 0.15) is 12.4 Å². The molecule has 2 rings (SSSR count). The van der Waals surface area contributed by atoms with Gasteiger partial charge in [-0.2, -0.15) is 0 Å². The Bertz CT molecular complexity index is 429. The molecule has 0 heterocycles. The molecule has 20 heavy (non-hydrogen) atoms. The molecule has 1 amide bonds. The van der Waals surface area contributed by atoms with E-state index in [1.165, 1.54) is 12.8 Å². The van der Waals surface area contributed by atoms with Gasteiger partial charge in [-0.25, -0.2) is 0 Å². The quantitative estimate of drug-likeness (QED) is 0.700. The maximum Gasteiger partial charge on any atom is 0.251 e. The van der Waals surface area contributed by atoms with E-state index >= 15 is 0 Å². The van der Waals surface area contributed by atoms with Crippen molar-refractivity contribution in [3.8, 4) is 5.75 Å². The lowest BCUT2D eigenvalue weighted by atomic mass is 10.1. The Morgan fingerprint density at radius 2 is 2.05 bits per heavy atom. The summed E-state index contributed by atoms with van der Waals surface area (Å²) in [4.78, 5) is 11.9. The standard InChI is InChI=1S/C15H22N2O3/c1-19-8-9-20-13-6-4-12(5-7-13)15(18)17-10-14(16)11-2-3-11/h4-7,11,14H,2-3,8-10,16H2,1H3,(H,17,18). The molecule has 1 atom stereocenters. The first-order valence-corrected chi connectivity index (χ1v) is 6.96. The summed E-state index contributed by atoms with van der Waals surface area (Å²) in [6.07, 6.45) is 2.37. The summed E-state index contributed by atoms with van der Waals surface area (Å²) in [6, 6.07) is 7.15. The normalized spacial score (nSPS) is 15.7. The summed E-state index contributed by atoms with van der Waals surface area (Å²) in [6.45, 7) is 1.58. The lowest BCUT2D eigenvalue weighted by Gasteiger charge is -2.12. The van der Waals surface area contributed by atoms with E-state index in [0.717, 1.165) is 5.75 Å². The first-order valence-electron chi connectivity index (χ1n) is 6.96. The van der Waals surface area contributed by atoms with Gasteiger partial charge in [0.2, 0.25) is 0 Å². The summed E-state index contributed by atoms with van der Waals surface area (Å²) < 4.78 is 10.3. The third-order valence-corrected chi connectivity index (χ3v) is 3.40. The summed E-state index contributed by atoms with van der Waals surface area (Å²) in [5, 5.41) is 2.87. The number of carbonyl (C=O) groups is 1. The molecule has 5 heteroatoms. The molecule has 0 saturated heterocycles. The van der Waals surface area contributed by atoms with Crippen molar-refractivity contribution in [1.82, 2.24) is 5.32 Å². The second-order valence-corrected chi connectivity index (χ2v) is 5.08. The number of benzene rings is 1. The highest BCUT2D eigenvalue weighted by atomic mass is 16.5. The van der Waals surface area contributed by atoms with E-state index in [0.29, 0.717) is 31.2 Å². The van der Waals surface area contributed by atoms with E-state index in [1.807, 2.05) is 0 Å². The highest BCUT2D eigenvalue weighted by molar-refractivity contribution is 5.94. The van der Waals surface area contributed by atoms with E-state index < -0.39 is 0 Å². The minimum atomic E-state index is -0.0930. The van der Waals surface area contributed by atoms with Crippen LogP contribution in [-0.4, -0.2) is 38.8 Å². The summed E-state index contributed by atoms with van der Waals surface area (Å²) in [5.41, 5.74) is 6.57. The van der Waals surface area contributed by atoms with Gasteiger partial charge in [0.25, 0.3) is 5.91 Å². The van der Waals surface area contributed by atoms with Gasteiger partial charge in [-0.1, -0.05) is 0 Å². The predicted octanol–water partition coefficient (Wildman–Crippen LogP) is 1.18. The predicted molar refractivity (Wildman–Crippen MR) is 76.8 cm³/mol. The highest BCUT2D eigenvalue weighted by Gasteiger charge is 2.28. The molecule has 1 saturated carbocycles. The number of methoxy groups -OCH3 is 1. The van der Waals surface area contributed by atoms with Crippen LogP contribution in [0.15, 0.2) is 24.3 Å². The van der Waals surface area contributed by atoms with Gasteiger partial charge in [0.05, 0.1) is 6.61 Å². The van der Waals surface area contributed by atoms with E-state index in [9.17, 15) is 4.79 Å². The van der Waals surface area contributed by atoms with Crippen LogP contribution in [0.25, 0.3) is 0 Å². The number of nitrogens with two attached hydrogens (primary N) is 1. The van der Waals surface area contributed by atoms with Crippen LogP contribution in [0.3, 0.4) is 0 Å². The number of hydrogen-bond acceptors (Lipinski definition) is 4. The van der Waals surface area contributed by atoms with Crippen molar-refractivity contribution >= 4 is 5.91 Å². The van der Waals surface area contributed by atoms with Crippen molar-refractivity contribution in [3.63, 3.8) is 0 Å². The second kappa shape index (κ2) is 7.26. The van der Waals surface area contributed by atoms with Crippen molar-refractivity contribution in [1.29, 1.82) is 0 Å². The fourth-order valence-corrected chi connectivity index (χ4v) is 1.95. The maximum absolute atomic E-state index is 11.9. The Morgan fingerprint density at radius 3 is 2.65 bits per heavy atom. The molecular weight excluding hydrogens is 256 g/mol. The smallest absolute Gasteiger partial charge is 0.251 e. The third-order valence-electron chi connectivity index (χ3n) is 3.40. The van der Waals surface area contributed by atoms with Gasteiger partial charge in [-0.3, -0.25) is 4.79 Å². The highest BCUT2D eigenvalue weighted by Crippen LogP contribution is 2.31. The van der Waals surface area contributed by atoms with Crippen molar-refractivity contribution in [2.75, 3.05) is 26.9 Å². The van der Waals surface area contributed by atoms with Crippen LogP contribution < -0.4 is 15.8 Å². The number of nitrogens with one attached hydrogen (secondary N) is 1. The lowest BCUT2D eigenvalue weighted by Crippen LogP contribution is -2.38. The van der Waals surface area contributed by atoms with Crippen LogP contribution in [-0.2, 0) is 4.74 Å². The molecule has 0 spiro atoms. The average molecular weight is 278 g/mol. The topological polar surface area (TPSA) is 73.6 Å². The van der Waals surface area contributed by atoms with Gasteiger partial charge < -0.3 is 20.5 Å². The molecule has 0 aliphatic heterocycles. The van der Waals surface area contributed by atoms with Crippen LogP contribution in [0, 0.1) is 5.92 Å². The van der Waals surface area contributed by atoms with E-state index in [2.05, 4.69) is 5.32 Å². The number of rotatable bonds is 8. The van der Waals surface area contributed by atoms with Crippen LogP contribution in [0.5, 0.6) is 5.75 Å². The largest absolute Gasteiger partial charge is 0.491 e. The number of ether oxygens (including phenoxy) is 2. The molecule has 5 nitrogen and oxygen atoms in total. The minimum Gasteiger partial charge on any atom is -0.491 e. The molecule has 1 aromatic carbocycles. The van der Waals surface area contributed by atoms with Crippen molar-refractivity contribution in [3.05, 3.63) is 29.8 Å². The molecule has 0 radical (unpaired) electrons. The zero-order valence-corrected chi connectivity index (χ0v) is 11.8. The minimum absolute atomic E-state index is 0.0793. The van der Waals surface area contributed by atoms with Gasteiger partial charge >= 0.3 is 0 Å². The molecule has 3 N–H and O–H groups in total. The van der Waals surface area contributed by atoms with Crippen molar-refractivity contribution in [2.45, 2.75) is 18.9 Å². The molecular formula is C15H22N2O3. The third kappa shape index (κ3) is 4.51. The van der Waals surface area contributed by atoms with Gasteiger partial charge in [0.15, 0.2) is 0 Å². The van der Waals surface area contributed by atoms with E-state index in [-0.39, 0.29) is 11.9 Å². The van der Waals surface area contributed by atoms with E-state index in [4.69, 9.17) is 15.2 Å². The zero-order chi connectivity index (χ0) is 14.4. The first kappa shape index (κ1) is 14.8. The molecule has 1 aliphatic rings. The van der Waals surface area contributed by atoms with Crippen LogP contribution >= 0.6 is 0 Å². The summed E-state index contributed by atoms with van der Waals surface area (Å²) in [7, 11) is 1.63. The number of carbonyl (C=O) groups excluding carboxylic acids is 1. The molecule has 1 fully saturated rings. The summed E-state index contributed by atoms with van der Waals surface area (Å²) >= 11 is 0. The monoisotopic (exact) mass is 278 g/mol. The molecule has 0 bridgehead atoms. The van der Waals surface area contributed by atoms with Gasteiger partial charge in [-0.05, 0) is 43.0 Å². The number of amides is 1. The molecule has 1 aliphatic carbocycles. The average Bonchev–Trinajstić information content (AvgIpc) is 3.30. The Labute approximate surface area is 119 Å². The SMILES string of the molecule is COCCOc1ccc(C(=O)NCC(N)C2CC2)cc1. The lowest BCUT2D eigenvalue weighted by molar-refractivity contribution is 0.0950. The molecule has 0 aromatic heterocycles. The van der Waals surface area contributed by atoms with E-state index in [1.54, 1.807) is 31.4 Å².